The van der Waals surface area contributed by atoms with Crippen molar-refractivity contribution in [3.63, 3.8) is 0 Å². The predicted molar refractivity (Wildman–Crippen MR) is 59.9 cm³/mol. The molecule has 0 aliphatic rings. The normalized spacial score (nSPS) is 10.3. The van der Waals surface area contributed by atoms with E-state index in [0.717, 1.165) is 23.0 Å². The SMILES string of the molecule is CCCCCn1cc(I)nc1C=O. The third-order valence-electron chi connectivity index (χ3n) is 1.89. The standard InChI is InChI=1S/C9H13IN2O/c1-2-3-4-5-12-6-8(10)11-9(12)7-13/h6-7H,2-5H2,1H3. The highest BCUT2D eigenvalue weighted by molar-refractivity contribution is 14.1. The van der Waals surface area contributed by atoms with Crippen molar-refractivity contribution in [1.82, 2.24) is 9.55 Å². The molecule has 4 heteroatoms. The minimum absolute atomic E-state index is 0.542. The van der Waals surface area contributed by atoms with E-state index in [1.54, 1.807) is 0 Å². The van der Waals surface area contributed by atoms with Gasteiger partial charge in [-0.15, -0.1) is 0 Å². The van der Waals surface area contributed by atoms with Crippen molar-refractivity contribution in [2.45, 2.75) is 32.7 Å². The predicted octanol–water partition coefficient (Wildman–Crippen LogP) is 2.49. The van der Waals surface area contributed by atoms with E-state index in [0.29, 0.717) is 5.82 Å². The van der Waals surface area contributed by atoms with Gasteiger partial charge in [0, 0.05) is 12.7 Å². The first-order chi connectivity index (χ1) is 6.27. The first-order valence-electron chi connectivity index (χ1n) is 4.45. The Balaban J connectivity index is 2.58. The molecule has 0 unspecified atom stereocenters. The molecule has 0 bridgehead atoms. The van der Waals surface area contributed by atoms with Crippen LogP contribution in [0.15, 0.2) is 6.20 Å². The van der Waals surface area contributed by atoms with Crippen LogP contribution in [0.1, 0.15) is 36.8 Å². The van der Waals surface area contributed by atoms with Crippen LogP contribution in [-0.4, -0.2) is 15.8 Å². The Kier molecular flexibility index (Phi) is 4.41. The highest BCUT2D eigenvalue weighted by Gasteiger charge is 2.03. The molecule has 13 heavy (non-hydrogen) atoms. The Hall–Kier alpha value is -0.390. The molecule has 0 amide bonds. The fraction of sp³-hybridized carbons (Fsp3) is 0.556. The Morgan fingerprint density at radius 1 is 1.62 bits per heavy atom. The quantitative estimate of drug-likeness (QED) is 0.475. The van der Waals surface area contributed by atoms with Crippen LogP contribution in [0.25, 0.3) is 0 Å². The molecule has 1 rings (SSSR count). The van der Waals surface area contributed by atoms with Gasteiger partial charge in [-0.05, 0) is 29.0 Å². The number of halogens is 1. The largest absolute Gasteiger partial charge is 0.328 e. The number of carbonyl (C=O) groups is 1. The molecule has 72 valence electrons. The van der Waals surface area contributed by atoms with Gasteiger partial charge in [0.2, 0.25) is 0 Å². The average molecular weight is 292 g/mol. The summed E-state index contributed by atoms with van der Waals surface area (Å²) in [5.74, 6) is 0.542. The van der Waals surface area contributed by atoms with E-state index in [2.05, 4.69) is 34.5 Å². The lowest BCUT2D eigenvalue weighted by molar-refractivity contribution is 0.111. The number of hydrogen-bond donors (Lipinski definition) is 0. The van der Waals surface area contributed by atoms with E-state index in [9.17, 15) is 4.79 Å². The van der Waals surface area contributed by atoms with E-state index in [1.807, 2.05) is 10.8 Å². The third-order valence-corrected chi connectivity index (χ3v) is 2.41. The number of aromatic nitrogens is 2. The number of hydrogen-bond acceptors (Lipinski definition) is 2. The van der Waals surface area contributed by atoms with Gasteiger partial charge in [-0.1, -0.05) is 19.8 Å². The van der Waals surface area contributed by atoms with Gasteiger partial charge in [0.1, 0.15) is 3.70 Å². The van der Waals surface area contributed by atoms with E-state index >= 15 is 0 Å². The van der Waals surface area contributed by atoms with Crippen molar-refractivity contribution in [2.75, 3.05) is 0 Å². The first-order valence-corrected chi connectivity index (χ1v) is 5.53. The van der Waals surface area contributed by atoms with Crippen LogP contribution in [0.3, 0.4) is 0 Å². The van der Waals surface area contributed by atoms with E-state index in [4.69, 9.17) is 0 Å². The number of imidazole rings is 1. The van der Waals surface area contributed by atoms with Crippen LogP contribution in [0.4, 0.5) is 0 Å². The van der Waals surface area contributed by atoms with Crippen molar-refractivity contribution in [2.24, 2.45) is 0 Å². The molecule has 0 saturated carbocycles. The molecule has 0 N–H and O–H groups in total. The average Bonchev–Trinajstić information content (AvgIpc) is 2.47. The second kappa shape index (κ2) is 5.36. The van der Waals surface area contributed by atoms with Gasteiger partial charge in [-0.3, -0.25) is 4.79 Å². The summed E-state index contributed by atoms with van der Waals surface area (Å²) in [6, 6.07) is 0. The monoisotopic (exact) mass is 292 g/mol. The maximum absolute atomic E-state index is 10.6. The minimum Gasteiger partial charge on any atom is -0.328 e. The lowest BCUT2D eigenvalue weighted by atomic mass is 10.2. The lowest BCUT2D eigenvalue weighted by Gasteiger charge is -2.01. The van der Waals surface area contributed by atoms with Gasteiger partial charge in [0.05, 0.1) is 0 Å². The van der Waals surface area contributed by atoms with Crippen LogP contribution in [0.2, 0.25) is 0 Å². The highest BCUT2D eigenvalue weighted by Crippen LogP contribution is 2.06. The zero-order chi connectivity index (χ0) is 9.68. The van der Waals surface area contributed by atoms with Gasteiger partial charge >= 0.3 is 0 Å². The molecule has 0 spiro atoms. The third kappa shape index (κ3) is 3.10. The maximum atomic E-state index is 10.6. The maximum Gasteiger partial charge on any atom is 0.185 e. The first kappa shape index (κ1) is 10.7. The van der Waals surface area contributed by atoms with Crippen molar-refractivity contribution >= 4 is 28.9 Å². The number of unbranched alkanes of at least 4 members (excludes halogenated alkanes) is 2. The summed E-state index contributed by atoms with van der Waals surface area (Å²) in [4.78, 5) is 14.7. The Labute approximate surface area is 91.7 Å². The number of rotatable bonds is 5. The Morgan fingerprint density at radius 3 is 3.00 bits per heavy atom. The topological polar surface area (TPSA) is 34.9 Å². The van der Waals surface area contributed by atoms with Gasteiger partial charge in [-0.25, -0.2) is 4.98 Å². The summed E-state index contributed by atoms with van der Waals surface area (Å²) in [6.07, 6.45) is 6.24. The molecular weight excluding hydrogens is 279 g/mol. The van der Waals surface area contributed by atoms with Crippen molar-refractivity contribution < 1.29 is 4.79 Å². The van der Waals surface area contributed by atoms with Crippen LogP contribution < -0.4 is 0 Å². The second-order valence-electron chi connectivity index (χ2n) is 2.94. The van der Waals surface area contributed by atoms with Crippen molar-refractivity contribution in [1.29, 1.82) is 0 Å². The molecule has 0 aliphatic carbocycles. The minimum atomic E-state index is 0.542. The fourth-order valence-electron chi connectivity index (χ4n) is 1.20. The lowest BCUT2D eigenvalue weighted by Crippen LogP contribution is -2.01. The van der Waals surface area contributed by atoms with Crippen molar-refractivity contribution in [3.8, 4) is 0 Å². The Bertz CT molecular complexity index is 283. The van der Waals surface area contributed by atoms with E-state index < -0.39 is 0 Å². The summed E-state index contributed by atoms with van der Waals surface area (Å²) < 4.78 is 2.81. The van der Waals surface area contributed by atoms with Crippen LogP contribution in [-0.2, 0) is 6.54 Å². The van der Waals surface area contributed by atoms with Gasteiger partial charge in [0.15, 0.2) is 12.1 Å². The molecule has 1 heterocycles. The summed E-state index contributed by atoms with van der Waals surface area (Å²) in [7, 11) is 0. The zero-order valence-corrected chi connectivity index (χ0v) is 9.82. The summed E-state index contributed by atoms with van der Waals surface area (Å²) in [5, 5.41) is 0. The molecule has 1 aromatic rings. The van der Waals surface area contributed by atoms with Gasteiger partial charge in [0.25, 0.3) is 0 Å². The number of aryl methyl sites for hydroxylation is 1. The van der Waals surface area contributed by atoms with Crippen LogP contribution >= 0.6 is 22.6 Å². The highest BCUT2D eigenvalue weighted by atomic mass is 127. The van der Waals surface area contributed by atoms with E-state index in [1.165, 1.54) is 12.8 Å². The molecule has 0 fully saturated rings. The smallest absolute Gasteiger partial charge is 0.185 e. The van der Waals surface area contributed by atoms with Gasteiger partial charge < -0.3 is 4.57 Å². The van der Waals surface area contributed by atoms with Crippen LogP contribution in [0, 0.1) is 3.70 Å². The van der Waals surface area contributed by atoms with E-state index in [-0.39, 0.29) is 0 Å². The zero-order valence-electron chi connectivity index (χ0n) is 7.66. The molecule has 3 nitrogen and oxygen atoms in total. The van der Waals surface area contributed by atoms with Crippen molar-refractivity contribution in [3.05, 3.63) is 15.7 Å². The second-order valence-corrected chi connectivity index (χ2v) is 4.05. The van der Waals surface area contributed by atoms with Gasteiger partial charge in [-0.2, -0.15) is 0 Å². The molecule has 0 saturated heterocycles. The number of aldehydes is 1. The molecule has 0 radical (unpaired) electrons. The molecule has 0 atom stereocenters. The molecule has 1 aromatic heterocycles. The molecular formula is C9H13IN2O. The molecule has 0 aliphatic heterocycles. The summed E-state index contributed by atoms with van der Waals surface area (Å²) in [5.41, 5.74) is 0. The van der Waals surface area contributed by atoms with Crippen LogP contribution in [0.5, 0.6) is 0 Å². The number of nitrogens with zero attached hydrogens (tertiary/aromatic N) is 2. The summed E-state index contributed by atoms with van der Waals surface area (Å²) in [6.45, 7) is 3.07. The number of carbonyl (C=O) groups excluding carboxylic acids is 1. The molecule has 0 aromatic carbocycles. The fourth-order valence-corrected chi connectivity index (χ4v) is 1.79. The summed E-state index contributed by atoms with van der Waals surface area (Å²) >= 11 is 2.12. The Morgan fingerprint density at radius 2 is 2.38 bits per heavy atom.